The second kappa shape index (κ2) is 10.8. The number of rotatable bonds is 5. The fourth-order valence-electron chi connectivity index (χ4n) is 4.25. The maximum Gasteiger partial charge on any atom is 0.270 e. The third-order valence-corrected chi connectivity index (χ3v) is 6.49. The monoisotopic (exact) mass is 483 g/mol. The average Bonchev–Trinajstić information content (AvgIpc) is 2.85. The third kappa shape index (κ3) is 5.81. The number of nitro groups is 1. The quantitative estimate of drug-likeness (QED) is 0.376. The molecule has 0 unspecified atom stereocenters. The molecule has 2 aliphatic rings. The molecule has 4 rings (SSSR count). The zero-order valence-corrected chi connectivity index (χ0v) is 20.0. The van der Waals surface area contributed by atoms with Crippen molar-refractivity contribution in [2.75, 3.05) is 54.5 Å². The van der Waals surface area contributed by atoms with Gasteiger partial charge in [-0.2, -0.15) is 0 Å². The molecule has 10 heteroatoms. The molecule has 0 aliphatic carbocycles. The van der Waals surface area contributed by atoms with E-state index in [1.54, 1.807) is 6.07 Å². The Balaban J connectivity index is 1.42. The Labute approximate surface area is 204 Å². The van der Waals surface area contributed by atoms with Gasteiger partial charge in [-0.15, -0.1) is 0 Å². The highest BCUT2D eigenvalue weighted by atomic mass is 32.1. The molecule has 0 spiro atoms. The molecule has 0 aromatic heterocycles. The molecule has 0 saturated carbocycles. The van der Waals surface area contributed by atoms with E-state index in [9.17, 15) is 14.9 Å². The minimum Gasteiger partial charge on any atom is -0.378 e. The van der Waals surface area contributed by atoms with Crippen molar-refractivity contribution in [3.8, 4) is 0 Å². The average molecular weight is 484 g/mol. The fourth-order valence-corrected chi connectivity index (χ4v) is 4.47. The molecule has 2 aromatic carbocycles. The lowest BCUT2D eigenvalue weighted by Gasteiger charge is -2.32. The summed E-state index contributed by atoms with van der Waals surface area (Å²) in [5, 5.41) is 17.1. The number of hydrogen-bond acceptors (Lipinski definition) is 7. The zero-order valence-electron chi connectivity index (χ0n) is 19.2. The Kier molecular flexibility index (Phi) is 7.59. The number of thiocarbonyl (C=S) groups is 1. The van der Waals surface area contributed by atoms with Gasteiger partial charge >= 0.3 is 0 Å². The fraction of sp³-hybridized carbons (Fsp3) is 0.417. The SMILES string of the molecule is CC1CCN(c2ccc(NC(=S)NC(=O)c3cc([N+](=O)[O-])ccc3N3CCOCC3)cc2)CC1. The van der Waals surface area contributed by atoms with Crippen molar-refractivity contribution in [2.45, 2.75) is 19.8 Å². The first kappa shape index (κ1) is 23.9. The molecule has 2 aliphatic heterocycles. The lowest BCUT2D eigenvalue weighted by molar-refractivity contribution is -0.384. The van der Waals surface area contributed by atoms with Crippen molar-refractivity contribution in [3.63, 3.8) is 0 Å². The predicted octanol–water partition coefficient (Wildman–Crippen LogP) is 3.79. The van der Waals surface area contributed by atoms with Gasteiger partial charge in [0.2, 0.25) is 0 Å². The maximum atomic E-state index is 13.0. The molecule has 180 valence electrons. The molecule has 2 saturated heterocycles. The van der Waals surface area contributed by atoms with Gasteiger partial charge in [-0.1, -0.05) is 6.92 Å². The van der Waals surface area contributed by atoms with Crippen LogP contribution in [0.2, 0.25) is 0 Å². The van der Waals surface area contributed by atoms with Crippen LogP contribution in [0.5, 0.6) is 0 Å². The summed E-state index contributed by atoms with van der Waals surface area (Å²) in [7, 11) is 0. The Bertz CT molecular complexity index is 1050. The van der Waals surface area contributed by atoms with Crippen LogP contribution in [0, 0.1) is 16.0 Å². The van der Waals surface area contributed by atoms with Gasteiger partial charge in [0.05, 0.1) is 29.4 Å². The van der Waals surface area contributed by atoms with Crippen molar-refractivity contribution in [2.24, 2.45) is 5.92 Å². The number of amides is 1. The number of piperidine rings is 1. The summed E-state index contributed by atoms with van der Waals surface area (Å²) < 4.78 is 5.38. The van der Waals surface area contributed by atoms with Crippen LogP contribution in [-0.4, -0.2) is 55.3 Å². The third-order valence-electron chi connectivity index (χ3n) is 6.29. The second-order valence-electron chi connectivity index (χ2n) is 8.68. The van der Waals surface area contributed by atoms with Crippen LogP contribution in [-0.2, 0) is 4.74 Å². The normalized spacial score (nSPS) is 16.7. The van der Waals surface area contributed by atoms with Gasteiger partial charge in [0.1, 0.15) is 0 Å². The lowest BCUT2D eigenvalue weighted by atomic mass is 9.99. The Morgan fingerprint density at radius 2 is 1.74 bits per heavy atom. The van der Waals surface area contributed by atoms with E-state index in [1.165, 1.54) is 30.7 Å². The largest absolute Gasteiger partial charge is 0.378 e. The summed E-state index contributed by atoms with van der Waals surface area (Å²) in [6.45, 7) is 6.66. The summed E-state index contributed by atoms with van der Waals surface area (Å²) >= 11 is 5.35. The molecule has 0 bridgehead atoms. The lowest BCUT2D eigenvalue weighted by Crippen LogP contribution is -2.39. The summed E-state index contributed by atoms with van der Waals surface area (Å²) in [6.07, 6.45) is 2.39. The molecule has 2 heterocycles. The first-order valence-corrected chi connectivity index (χ1v) is 11.9. The van der Waals surface area contributed by atoms with Crippen LogP contribution in [0.1, 0.15) is 30.1 Å². The molecule has 1 amide bonds. The highest BCUT2D eigenvalue weighted by Gasteiger charge is 2.23. The zero-order chi connectivity index (χ0) is 24.1. The van der Waals surface area contributed by atoms with Crippen molar-refractivity contribution in [3.05, 3.63) is 58.1 Å². The predicted molar refractivity (Wildman–Crippen MR) is 137 cm³/mol. The first-order valence-electron chi connectivity index (χ1n) is 11.5. The van der Waals surface area contributed by atoms with Crippen molar-refractivity contribution < 1.29 is 14.5 Å². The van der Waals surface area contributed by atoms with Gasteiger partial charge in [0.25, 0.3) is 11.6 Å². The van der Waals surface area contributed by atoms with Crippen LogP contribution in [0.25, 0.3) is 0 Å². The Morgan fingerprint density at radius 3 is 2.38 bits per heavy atom. The van der Waals surface area contributed by atoms with E-state index in [4.69, 9.17) is 17.0 Å². The van der Waals surface area contributed by atoms with Crippen LogP contribution in [0.4, 0.5) is 22.7 Å². The van der Waals surface area contributed by atoms with E-state index in [1.807, 2.05) is 29.2 Å². The second-order valence-corrected chi connectivity index (χ2v) is 9.09. The molecule has 2 aromatic rings. The van der Waals surface area contributed by atoms with Crippen molar-refractivity contribution >= 4 is 46.0 Å². The van der Waals surface area contributed by atoms with Gasteiger partial charge in [0, 0.05) is 49.7 Å². The highest BCUT2D eigenvalue weighted by molar-refractivity contribution is 7.80. The molecular formula is C24H29N5O4S. The molecule has 34 heavy (non-hydrogen) atoms. The van der Waals surface area contributed by atoms with Crippen LogP contribution in [0.3, 0.4) is 0 Å². The number of carbonyl (C=O) groups is 1. The highest BCUT2D eigenvalue weighted by Crippen LogP contribution is 2.27. The van der Waals surface area contributed by atoms with Crippen LogP contribution in [0.15, 0.2) is 42.5 Å². The van der Waals surface area contributed by atoms with E-state index in [0.29, 0.717) is 32.0 Å². The number of carbonyl (C=O) groups excluding carboxylic acids is 1. The minimum absolute atomic E-state index is 0.129. The van der Waals surface area contributed by atoms with E-state index in [-0.39, 0.29) is 16.4 Å². The van der Waals surface area contributed by atoms with Gasteiger partial charge in [-0.05, 0) is 61.3 Å². The Morgan fingerprint density at radius 1 is 1.06 bits per heavy atom. The number of nitrogens with zero attached hydrogens (tertiary/aromatic N) is 3. The van der Waals surface area contributed by atoms with E-state index in [0.717, 1.165) is 24.7 Å². The van der Waals surface area contributed by atoms with Crippen LogP contribution >= 0.6 is 12.2 Å². The van der Waals surface area contributed by atoms with E-state index in [2.05, 4.69) is 22.5 Å². The molecule has 9 nitrogen and oxygen atoms in total. The standard InChI is InChI=1S/C24H29N5O4S/c1-17-8-10-27(11-9-17)19-4-2-18(3-5-19)25-24(34)26-23(30)21-16-20(29(31)32)6-7-22(21)28-12-14-33-15-13-28/h2-7,16-17H,8-15H2,1H3,(H2,25,26,30,34). The van der Waals surface area contributed by atoms with Gasteiger partial charge in [-0.3, -0.25) is 20.2 Å². The Hall–Kier alpha value is -3.24. The summed E-state index contributed by atoms with van der Waals surface area (Å²) in [4.78, 5) is 28.2. The number of hydrogen-bond donors (Lipinski definition) is 2. The van der Waals surface area contributed by atoms with E-state index < -0.39 is 10.8 Å². The smallest absolute Gasteiger partial charge is 0.270 e. The van der Waals surface area contributed by atoms with Crippen molar-refractivity contribution in [1.82, 2.24) is 5.32 Å². The topological polar surface area (TPSA) is 100.0 Å². The number of benzene rings is 2. The number of non-ortho nitro benzene ring substituents is 1. The molecule has 0 atom stereocenters. The van der Waals surface area contributed by atoms with E-state index >= 15 is 0 Å². The summed E-state index contributed by atoms with van der Waals surface area (Å²) in [5.74, 6) is 0.273. The molecule has 2 fully saturated rings. The number of morpholine rings is 1. The molecule has 2 N–H and O–H groups in total. The minimum atomic E-state index is -0.513. The van der Waals surface area contributed by atoms with Gasteiger partial charge in [-0.25, -0.2) is 0 Å². The number of nitrogens with one attached hydrogen (secondary N) is 2. The molecular weight excluding hydrogens is 454 g/mol. The number of anilines is 3. The maximum absolute atomic E-state index is 13.0. The van der Waals surface area contributed by atoms with Gasteiger partial charge in [0.15, 0.2) is 5.11 Å². The molecule has 0 radical (unpaired) electrons. The van der Waals surface area contributed by atoms with Gasteiger partial charge < -0.3 is 19.9 Å². The number of nitro benzene ring substituents is 1. The summed E-state index contributed by atoms with van der Waals surface area (Å²) in [6, 6.07) is 12.2. The number of ether oxygens (including phenoxy) is 1. The van der Waals surface area contributed by atoms with Crippen LogP contribution < -0.4 is 20.4 Å². The van der Waals surface area contributed by atoms with Crippen molar-refractivity contribution in [1.29, 1.82) is 0 Å². The summed E-state index contributed by atoms with van der Waals surface area (Å²) in [5.41, 5.74) is 2.60. The first-order chi connectivity index (χ1) is 16.4.